The Bertz CT molecular complexity index is 1070. The average Bonchev–Trinajstić information content (AvgIpc) is 2.65. The van der Waals surface area contributed by atoms with E-state index in [2.05, 4.69) is 10.0 Å². The van der Waals surface area contributed by atoms with Crippen LogP contribution in [0.25, 0.3) is 0 Å². The van der Waals surface area contributed by atoms with Gasteiger partial charge in [0.2, 0.25) is 15.9 Å². The number of carbonyl (C=O) groups excluding carboxylic acids is 2. The molecule has 0 heterocycles. The zero-order valence-corrected chi connectivity index (χ0v) is 17.7. The normalized spacial score (nSPS) is 11.6. The minimum absolute atomic E-state index is 0.0188. The molecule has 2 aromatic carbocycles. The maximum atomic E-state index is 12.4. The van der Waals surface area contributed by atoms with Crippen molar-refractivity contribution in [3.63, 3.8) is 0 Å². The molecule has 6 N–H and O–H groups in total. The Morgan fingerprint density at radius 3 is 2.33 bits per heavy atom. The van der Waals surface area contributed by atoms with Gasteiger partial charge in [-0.2, -0.15) is 0 Å². The zero-order valence-electron chi connectivity index (χ0n) is 16.9. The maximum absolute atomic E-state index is 12.4. The summed E-state index contributed by atoms with van der Waals surface area (Å²) in [5.41, 5.74) is 5.78. The SMILES string of the molecule is CC(C)(C)OC(=O)c1cccc(NC(=O)CNS(=O)(=O)c2cccc(C(N)=[NH2+])c2)c1. The molecule has 2 rings (SSSR count). The summed E-state index contributed by atoms with van der Waals surface area (Å²) < 4.78 is 32.3. The lowest BCUT2D eigenvalue weighted by atomic mass is 10.1. The summed E-state index contributed by atoms with van der Waals surface area (Å²) in [6, 6.07) is 11.9. The van der Waals surface area contributed by atoms with Crippen LogP contribution in [-0.2, 0) is 19.6 Å². The number of amides is 1. The number of hydrogen-bond donors (Lipinski definition) is 4. The Kier molecular flexibility index (Phi) is 6.96. The monoisotopic (exact) mass is 433 g/mol. The highest BCUT2D eigenvalue weighted by molar-refractivity contribution is 7.89. The lowest BCUT2D eigenvalue weighted by Gasteiger charge is -2.19. The Morgan fingerprint density at radius 1 is 1.07 bits per heavy atom. The first kappa shape index (κ1) is 23.0. The molecule has 0 fully saturated rings. The number of hydrogen-bond acceptors (Lipinski definition) is 5. The van der Waals surface area contributed by atoms with Gasteiger partial charge in [-0.1, -0.05) is 12.1 Å². The number of sulfonamides is 1. The predicted octanol–water partition coefficient (Wildman–Crippen LogP) is 0.0233. The van der Waals surface area contributed by atoms with E-state index < -0.39 is 34.0 Å². The molecule has 0 saturated carbocycles. The molecule has 0 aliphatic rings. The van der Waals surface area contributed by atoms with E-state index in [0.717, 1.165) is 0 Å². The standard InChI is InChI=1S/C20H24N4O5S/c1-20(2,3)29-19(26)14-7-4-8-15(10-14)24-17(25)12-23-30(27,28)16-9-5-6-13(11-16)18(21)22/h4-11,23H,12H2,1-3H3,(H3,21,22)(H,24,25)/p+1. The van der Waals surface area contributed by atoms with Gasteiger partial charge in [-0.05, 0) is 57.2 Å². The first-order chi connectivity index (χ1) is 13.9. The van der Waals surface area contributed by atoms with Crippen molar-refractivity contribution in [2.45, 2.75) is 31.3 Å². The van der Waals surface area contributed by atoms with E-state index >= 15 is 0 Å². The molecule has 0 aliphatic carbocycles. The fourth-order valence-corrected chi connectivity index (χ4v) is 3.38. The van der Waals surface area contributed by atoms with Crippen molar-refractivity contribution in [3.05, 3.63) is 59.7 Å². The highest BCUT2D eigenvalue weighted by Crippen LogP contribution is 2.16. The Labute approximate surface area is 175 Å². The van der Waals surface area contributed by atoms with E-state index in [1.165, 1.54) is 24.3 Å². The van der Waals surface area contributed by atoms with Crippen LogP contribution in [0.15, 0.2) is 53.4 Å². The van der Waals surface area contributed by atoms with Crippen molar-refractivity contribution >= 4 is 33.4 Å². The van der Waals surface area contributed by atoms with Crippen molar-refractivity contribution in [2.75, 3.05) is 11.9 Å². The van der Waals surface area contributed by atoms with Crippen molar-refractivity contribution in [2.24, 2.45) is 5.73 Å². The Morgan fingerprint density at radius 2 is 1.70 bits per heavy atom. The van der Waals surface area contributed by atoms with Gasteiger partial charge in [0.15, 0.2) is 0 Å². The smallest absolute Gasteiger partial charge is 0.338 e. The number of amidine groups is 1. The first-order valence-corrected chi connectivity index (χ1v) is 10.5. The Balaban J connectivity index is 2.02. The van der Waals surface area contributed by atoms with Gasteiger partial charge in [-0.15, -0.1) is 0 Å². The first-order valence-electron chi connectivity index (χ1n) is 8.99. The average molecular weight is 434 g/mol. The molecule has 160 valence electrons. The minimum Gasteiger partial charge on any atom is -0.456 e. The molecule has 10 heteroatoms. The summed E-state index contributed by atoms with van der Waals surface area (Å²) in [6.07, 6.45) is 0. The van der Waals surface area contributed by atoms with Gasteiger partial charge < -0.3 is 10.1 Å². The van der Waals surface area contributed by atoms with Crippen LogP contribution in [0, 0.1) is 0 Å². The van der Waals surface area contributed by atoms with E-state index in [9.17, 15) is 18.0 Å². The largest absolute Gasteiger partial charge is 0.456 e. The lowest BCUT2D eigenvalue weighted by molar-refractivity contribution is -0.115. The number of nitrogens with one attached hydrogen (secondary N) is 2. The third-order valence-electron chi connectivity index (χ3n) is 3.68. The summed E-state index contributed by atoms with van der Waals surface area (Å²) in [6.45, 7) is 4.74. The maximum Gasteiger partial charge on any atom is 0.338 e. The van der Waals surface area contributed by atoms with Gasteiger partial charge in [0, 0.05) is 5.69 Å². The molecule has 1 amide bonds. The second-order valence-electron chi connectivity index (χ2n) is 7.44. The minimum atomic E-state index is -3.95. The van der Waals surface area contributed by atoms with E-state index in [0.29, 0.717) is 11.3 Å². The number of ether oxygens (including phenoxy) is 1. The molecule has 9 nitrogen and oxygen atoms in total. The molecule has 0 aromatic heterocycles. The van der Waals surface area contributed by atoms with Crippen molar-refractivity contribution in [1.82, 2.24) is 4.72 Å². The van der Waals surface area contributed by atoms with Gasteiger partial charge in [-0.25, -0.2) is 17.9 Å². The number of esters is 1. The van der Waals surface area contributed by atoms with E-state index in [-0.39, 0.29) is 16.3 Å². The van der Waals surface area contributed by atoms with Gasteiger partial charge in [0.05, 0.1) is 22.6 Å². The molecule has 0 aliphatic heterocycles. The van der Waals surface area contributed by atoms with Gasteiger partial charge in [0.1, 0.15) is 5.60 Å². The van der Waals surface area contributed by atoms with E-state index in [1.807, 2.05) is 0 Å². The van der Waals surface area contributed by atoms with E-state index in [1.54, 1.807) is 45.0 Å². The van der Waals surface area contributed by atoms with Crippen LogP contribution >= 0.6 is 0 Å². The second-order valence-corrected chi connectivity index (χ2v) is 9.21. The summed E-state index contributed by atoms with van der Waals surface area (Å²) in [5.74, 6) is -1.16. The molecular weight excluding hydrogens is 408 g/mol. The fraction of sp³-hybridized carbons (Fsp3) is 0.250. The van der Waals surface area contributed by atoms with Crippen LogP contribution in [0.2, 0.25) is 0 Å². The van der Waals surface area contributed by atoms with Crippen LogP contribution in [-0.4, -0.2) is 38.3 Å². The van der Waals surface area contributed by atoms with Crippen LogP contribution in [0.3, 0.4) is 0 Å². The van der Waals surface area contributed by atoms with Crippen molar-refractivity contribution < 1.29 is 28.2 Å². The van der Waals surface area contributed by atoms with Gasteiger partial charge >= 0.3 is 5.97 Å². The molecule has 0 spiro atoms. The molecule has 0 radical (unpaired) electrons. The number of carbonyl (C=O) groups is 2. The summed E-state index contributed by atoms with van der Waals surface area (Å²) >= 11 is 0. The number of benzene rings is 2. The van der Waals surface area contributed by atoms with Crippen LogP contribution in [0.1, 0.15) is 36.7 Å². The van der Waals surface area contributed by atoms with Crippen LogP contribution in [0.5, 0.6) is 0 Å². The topological polar surface area (TPSA) is 153 Å². The highest BCUT2D eigenvalue weighted by Gasteiger charge is 2.19. The van der Waals surface area contributed by atoms with E-state index in [4.69, 9.17) is 15.9 Å². The van der Waals surface area contributed by atoms with Gasteiger partial charge in [-0.3, -0.25) is 15.9 Å². The van der Waals surface area contributed by atoms with Crippen LogP contribution < -0.4 is 21.2 Å². The molecule has 0 bridgehead atoms. The third kappa shape index (κ3) is 6.68. The highest BCUT2D eigenvalue weighted by atomic mass is 32.2. The number of nitrogens with two attached hydrogens (primary N) is 2. The summed E-state index contributed by atoms with van der Waals surface area (Å²) in [5, 5.41) is 8.02. The number of rotatable bonds is 7. The Hall–Kier alpha value is -3.24. The lowest BCUT2D eigenvalue weighted by Crippen LogP contribution is -2.46. The molecular formula is C20H25N4O5S+. The third-order valence-corrected chi connectivity index (χ3v) is 5.08. The molecule has 0 unspecified atom stereocenters. The number of anilines is 1. The van der Waals surface area contributed by atoms with Crippen LogP contribution in [0.4, 0.5) is 5.69 Å². The summed E-state index contributed by atoms with van der Waals surface area (Å²) in [7, 11) is -3.95. The quantitative estimate of drug-likeness (QED) is 0.274. The second kappa shape index (κ2) is 9.06. The summed E-state index contributed by atoms with van der Waals surface area (Å²) in [4.78, 5) is 24.2. The van der Waals surface area contributed by atoms with Crippen molar-refractivity contribution in [3.8, 4) is 0 Å². The fourth-order valence-electron chi connectivity index (χ4n) is 2.35. The van der Waals surface area contributed by atoms with Gasteiger partial charge in [0.25, 0.3) is 5.84 Å². The predicted molar refractivity (Wildman–Crippen MR) is 112 cm³/mol. The van der Waals surface area contributed by atoms with Crippen molar-refractivity contribution in [1.29, 1.82) is 0 Å². The molecule has 0 atom stereocenters. The molecule has 2 aromatic rings. The molecule has 30 heavy (non-hydrogen) atoms. The zero-order chi connectivity index (χ0) is 22.5. The molecule has 0 saturated heterocycles.